The van der Waals surface area contributed by atoms with E-state index in [0.29, 0.717) is 12.6 Å². The number of carbonyl (C=O) groups excluding carboxylic acids is 1. The average Bonchev–Trinajstić information content (AvgIpc) is 3.30. The van der Waals surface area contributed by atoms with Crippen molar-refractivity contribution >= 4 is 5.91 Å². The molecule has 4 heterocycles. The van der Waals surface area contributed by atoms with Gasteiger partial charge in [-0.3, -0.25) is 14.7 Å². The molecule has 0 saturated carbocycles. The van der Waals surface area contributed by atoms with Crippen molar-refractivity contribution in [1.82, 2.24) is 15.2 Å². The highest BCUT2D eigenvalue weighted by Crippen LogP contribution is 2.32. The molecule has 0 radical (unpaired) electrons. The first-order valence-corrected chi connectivity index (χ1v) is 8.88. The van der Waals surface area contributed by atoms with Gasteiger partial charge in [0, 0.05) is 31.5 Å². The number of fused-ring (bicyclic) bond motifs is 1. The summed E-state index contributed by atoms with van der Waals surface area (Å²) in [6.07, 6.45) is 7.84. The summed E-state index contributed by atoms with van der Waals surface area (Å²) in [6.45, 7) is 2.31. The molecular formula is C19H23N3O3. The van der Waals surface area contributed by atoms with Crippen LogP contribution in [0.2, 0.25) is 0 Å². The predicted octanol–water partition coefficient (Wildman–Crippen LogP) is 2.11. The third-order valence-corrected chi connectivity index (χ3v) is 5.08. The second kappa shape index (κ2) is 7.37. The van der Waals surface area contributed by atoms with Crippen LogP contribution in [0.5, 0.6) is 0 Å². The quantitative estimate of drug-likeness (QED) is 0.902. The fourth-order valence-corrected chi connectivity index (χ4v) is 3.83. The normalized spacial score (nSPS) is 26.3. The molecule has 6 nitrogen and oxygen atoms in total. The zero-order valence-corrected chi connectivity index (χ0v) is 14.1. The molecule has 1 N–H and O–H groups in total. The van der Waals surface area contributed by atoms with E-state index in [2.05, 4.69) is 21.3 Å². The van der Waals surface area contributed by atoms with Crippen LogP contribution in [0, 0.1) is 0 Å². The lowest BCUT2D eigenvalue weighted by atomic mass is 9.98. The lowest BCUT2D eigenvalue weighted by molar-refractivity contribution is -0.144. The van der Waals surface area contributed by atoms with Crippen LogP contribution in [0.4, 0.5) is 0 Å². The van der Waals surface area contributed by atoms with Gasteiger partial charge in [0.05, 0.1) is 18.9 Å². The van der Waals surface area contributed by atoms with Gasteiger partial charge in [0.2, 0.25) is 5.91 Å². The lowest BCUT2D eigenvalue weighted by Gasteiger charge is -2.35. The highest BCUT2D eigenvalue weighted by molar-refractivity contribution is 5.80. The van der Waals surface area contributed by atoms with Crippen LogP contribution in [0.1, 0.15) is 30.6 Å². The fourth-order valence-electron chi connectivity index (χ4n) is 3.83. The maximum atomic E-state index is 12.4. The van der Waals surface area contributed by atoms with Gasteiger partial charge in [-0.2, -0.15) is 0 Å². The van der Waals surface area contributed by atoms with Gasteiger partial charge in [0.1, 0.15) is 11.9 Å². The Morgan fingerprint density at radius 2 is 2.24 bits per heavy atom. The zero-order valence-electron chi connectivity index (χ0n) is 14.1. The third-order valence-electron chi connectivity index (χ3n) is 5.08. The monoisotopic (exact) mass is 341 g/mol. The van der Waals surface area contributed by atoms with Gasteiger partial charge in [-0.25, -0.2) is 0 Å². The summed E-state index contributed by atoms with van der Waals surface area (Å²) in [4.78, 5) is 19.0. The number of nitrogens with zero attached hydrogens (tertiary/aromatic N) is 2. The molecule has 2 saturated heterocycles. The standard InChI is InChI=1S/C19H23N3O3/c23-19(21-12-15-4-2-10-24-15)18-6-5-16-17(25-18)7-9-22(16)13-14-3-1-8-20-11-14/h1-4,8,10-11,16-18H,5-7,9,12-13H2,(H,21,23)/t16-,17-,18-/m1/s1. The molecule has 2 fully saturated rings. The first kappa shape index (κ1) is 16.3. The maximum absolute atomic E-state index is 12.4. The Kier molecular flexibility index (Phi) is 4.81. The van der Waals surface area contributed by atoms with E-state index in [1.165, 1.54) is 5.56 Å². The summed E-state index contributed by atoms with van der Waals surface area (Å²) in [5.74, 6) is 0.714. The van der Waals surface area contributed by atoms with Gasteiger partial charge in [0.15, 0.2) is 0 Å². The molecule has 6 heteroatoms. The Labute approximate surface area is 147 Å². The molecule has 0 bridgehead atoms. The number of furan rings is 1. The van der Waals surface area contributed by atoms with E-state index in [0.717, 1.165) is 38.1 Å². The molecule has 0 spiro atoms. The topological polar surface area (TPSA) is 67.6 Å². The van der Waals surface area contributed by atoms with Crippen LogP contribution in [-0.4, -0.2) is 40.6 Å². The van der Waals surface area contributed by atoms with E-state index in [-0.39, 0.29) is 18.1 Å². The van der Waals surface area contributed by atoms with Crippen LogP contribution in [0.15, 0.2) is 47.3 Å². The SMILES string of the molecule is O=C(NCc1ccco1)[C@H]1CC[C@@H]2[C@@H](CCN2Cc2cccnc2)O1. The van der Waals surface area contributed by atoms with E-state index in [9.17, 15) is 4.79 Å². The number of ether oxygens (including phenoxy) is 1. The highest BCUT2D eigenvalue weighted by Gasteiger charge is 2.41. The molecule has 0 aliphatic carbocycles. The molecule has 0 unspecified atom stereocenters. The Morgan fingerprint density at radius 1 is 1.28 bits per heavy atom. The predicted molar refractivity (Wildman–Crippen MR) is 91.5 cm³/mol. The molecule has 2 aromatic rings. The molecule has 0 aromatic carbocycles. The van der Waals surface area contributed by atoms with E-state index in [1.54, 1.807) is 12.5 Å². The first-order valence-electron chi connectivity index (χ1n) is 8.88. The van der Waals surface area contributed by atoms with Crippen LogP contribution >= 0.6 is 0 Å². The second-order valence-electron chi connectivity index (χ2n) is 6.73. The van der Waals surface area contributed by atoms with Crippen molar-refractivity contribution in [2.75, 3.05) is 6.54 Å². The molecule has 4 rings (SSSR count). The molecule has 2 aliphatic heterocycles. The van der Waals surface area contributed by atoms with Crippen LogP contribution in [-0.2, 0) is 22.6 Å². The average molecular weight is 341 g/mol. The Bertz CT molecular complexity index is 689. The van der Waals surface area contributed by atoms with Crippen molar-refractivity contribution in [2.45, 2.75) is 50.6 Å². The molecule has 1 amide bonds. The summed E-state index contributed by atoms with van der Waals surface area (Å²) in [5.41, 5.74) is 1.22. The van der Waals surface area contributed by atoms with Crippen LogP contribution in [0.25, 0.3) is 0 Å². The number of hydrogen-bond acceptors (Lipinski definition) is 5. The van der Waals surface area contributed by atoms with Crippen molar-refractivity contribution in [3.8, 4) is 0 Å². The summed E-state index contributed by atoms with van der Waals surface area (Å²) < 4.78 is 11.4. The largest absolute Gasteiger partial charge is 0.467 e. The van der Waals surface area contributed by atoms with Gasteiger partial charge in [-0.05, 0) is 43.0 Å². The highest BCUT2D eigenvalue weighted by atomic mass is 16.5. The first-order chi connectivity index (χ1) is 12.3. The van der Waals surface area contributed by atoms with E-state index in [1.807, 2.05) is 24.4 Å². The Balaban J connectivity index is 1.30. The zero-order chi connectivity index (χ0) is 17.1. The summed E-state index contributed by atoms with van der Waals surface area (Å²) >= 11 is 0. The Hall–Kier alpha value is -2.18. The van der Waals surface area contributed by atoms with E-state index < -0.39 is 0 Å². The second-order valence-corrected chi connectivity index (χ2v) is 6.73. The third kappa shape index (κ3) is 3.75. The van der Waals surface area contributed by atoms with Crippen molar-refractivity contribution in [3.05, 3.63) is 54.2 Å². The van der Waals surface area contributed by atoms with E-state index >= 15 is 0 Å². The number of aromatic nitrogens is 1. The minimum atomic E-state index is -0.352. The minimum Gasteiger partial charge on any atom is -0.467 e. The van der Waals surface area contributed by atoms with E-state index in [4.69, 9.17) is 9.15 Å². The molecule has 25 heavy (non-hydrogen) atoms. The summed E-state index contributed by atoms with van der Waals surface area (Å²) in [6, 6.07) is 8.15. The smallest absolute Gasteiger partial charge is 0.249 e. The molecule has 2 aliphatic rings. The number of amides is 1. The molecule has 3 atom stereocenters. The number of carbonyl (C=O) groups is 1. The Morgan fingerprint density at radius 3 is 3.04 bits per heavy atom. The molecule has 132 valence electrons. The fraction of sp³-hybridized carbons (Fsp3) is 0.474. The molecular weight excluding hydrogens is 318 g/mol. The van der Waals surface area contributed by atoms with Crippen molar-refractivity contribution in [2.24, 2.45) is 0 Å². The minimum absolute atomic E-state index is 0.0411. The maximum Gasteiger partial charge on any atom is 0.249 e. The van der Waals surface area contributed by atoms with Crippen molar-refractivity contribution in [1.29, 1.82) is 0 Å². The number of pyridine rings is 1. The number of nitrogens with one attached hydrogen (secondary N) is 1. The number of rotatable bonds is 5. The number of hydrogen-bond donors (Lipinski definition) is 1. The lowest BCUT2D eigenvalue weighted by Crippen LogP contribution is -2.47. The number of likely N-dealkylation sites (tertiary alicyclic amines) is 1. The van der Waals surface area contributed by atoms with Crippen molar-refractivity contribution in [3.63, 3.8) is 0 Å². The summed E-state index contributed by atoms with van der Waals surface area (Å²) in [5, 5.41) is 2.91. The van der Waals surface area contributed by atoms with Gasteiger partial charge >= 0.3 is 0 Å². The van der Waals surface area contributed by atoms with Gasteiger partial charge in [-0.1, -0.05) is 6.07 Å². The van der Waals surface area contributed by atoms with Gasteiger partial charge in [0.25, 0.3) is 0 Å². The van der Waals surface area contributed by atoms with Gasteiger partial charge < -0.3 is 14.5 Å². The van der Waals surface area contributed by atoms with Crippen LogP contribution in [0.3, 0.4) is 0 Å². The van der Waals surface area contributed by atoms with Crippen molar-refractivity contribution < 1.29 is 13.9 Å². The van der Waals surface area contributed by atoms with Crippen LogP contribution < -0.4 is 5.32 Å². The molecule has 2 aromatic heterocycles. The summed E-state index contributed by atoms with van der Waals surface area (Å²) in [7, 11) is 0. The van der Waals surface area contributed by atoms with Gasteiger partial charge in [-0.15, -0.1) is 0 Å².